The van der Waals surface area contributed by atoms with E-state index in [1.807, 2.05) is 6.92 Å². The van der Waals surface area contributed by atoms with E-state index >= 15 is 0 Å². The summed E-state index contributed by atoms with van der Waals surface area (Å²) in [4.78, 5) is 0. The first-order chi connectivity index (χ1) is 14.4. The Labute approximate surface area is 178 Å². The van der Waals surface area contributed by atoms with Crippen LogP contribution in [0.15, 0.2) is 24.3 Å². The first-order valence-corrected chi connectivity index (χ1v) is 10.7. The SMILES string of the molecule is CCCCCCCC(OS(=O)(=O)O)c1ccc(C(F)(F)C(F)(F)C(F)(F)C(F)(F)F)cc1. The molecule has 0 spiro atoms. The standard InChI is InChI=1S/C18H21F9O4S/c1-2-3-4-5-6-7-14(31-32(28,29)30)12-8-10-13(11-9-12)15(19,20)16(21,22)17(23,24)18(25,26)27/h8-11,14H,2-7H2,1H3,(H,28,29,30). The molecule has 0 amide bonds. The zero-order valence-corrected chi connectivity index (χ0v) is 17.4. The quantitative estimate of drug-likeness (QED) is 0.193. The number of hydrogen-bond acceptors (Lipinski definition) is 3. The molecule has 186 valence electrons. The summed E-state index contributed by atoms with van der Waals surface area (Å²) < 4.78 is 153. The Morgan fingerprint density at radius 2 is 1.34 bits per heavy atom. The van der Waals surface area contributed by atoms with Crippen molar-refractivity contribution >= 4 is 10.4 Å². The van der Waals surface area contributed by atoms with E-state index in [9.17, 15) is 47.9 Å². The molecule has 0 saturated carbocycles. The molecule has 0 bridgehead atoms. The highest BCUT2D eigenvalue weighted by atomic mass is 32.3. The van der Waals surface area contributed by atoms with E-state index in [0.717, 1.165) is 19.3 Å². The summed E-state index contributed by atoms with van der Waals surface area (Å²) >= 11 is 0. The van der Waals surface area contributed by atoms with Crippen molar-refractivity contribution in [2.45, 2.75) is 75.5 Å². The Bertz CT molecular complexity index is 837. The number of halogens is 9. The molecule has 14 heteroatoms. The van der Waals surface area contributed by atoms with Crippen LogP contribution in [0.1, 0.15) is 62.7 Å². The molecule has 0 aliphatic heterocycles. The summed E-state index contributed by atoms with van der Waals surface area (Å²) in [7, 11) is -5.01. The molecule has 0 aromatic heterocycles. The van der Waals surface area contributed by atoms with Crippen LogP contribution in [0.25, 0.3) is 0 Å². The molecule has 1 rings (SSSR count). The summed E-state index contributed by atoms with van der Waals surface area (Å²) in [6.45, 7) is 1.94. The Hall–Kier alpha value is -1.54. The second kappa shape index (κ2) is 10.2. The van der Waals surface area contributed by atoms with Crippen molar-refractivity contribution in [3.63, 3.8) is 0 Å². The highest BCUT2D eigenvalue weighted by molar-refractivity contribution is 7.80. The van der Waals surface area contributed by atoms with Crippen molar-refractivity contribution < 1.29 is 56.7 Å². The van der Waals surface area contributed by atoms with Crippen LogP contribution < -0.4 is 0 Å². The average Bonchev–Trinajstić information content (AvgIpc) is 2.65. The van der Waals surface area contributed by atoms with Crippen LogP contribution in [0.3, 0.4) is 0 Å². The van der Waals surface area contributed by atoms with E-state index in [4.69, 9.17) is 4.55 Å². The molecule has 4 nitrogen and oxygen atoms in total. The summed E-state index contributed by atoms with van der Waals surface area (Å²) in [5.74, 6) is -19.8. The van der Waals surface area contributed by atoms with Crippen LogP contribution >= 0.6 is 0 Å². The van der Waals surface area contributed by atoms with Crippen LogP contribution in [-0.2, 0) is 20.5 Å². The van der Waals surface area contributed by atoms with E-state index < -0.39 is 46.0 Å². The van der Waals surface area contributed by atoms with Gasteiger partial charge in [0.1, 0.15) is 6.10 Å². The highest BCUT2D eigenvalue weighted by Gasteiger charge is 2.82. The van der Waals surface area contributed by atoms with Crippen LogP contribution in [0.2, 0.25) is 0 Å². The second-order valence-electron chi connectivity index (χ2n) is 7.06. The molecule has 0 fully saturated rings. The van der Waals surface area contributed by atoms with Gasteiger partial charge in [0.05, 0.1) is 0 Å². The fourth-order valence-corrected chi connectivity index (χ4v) is 3.31. The first-order valence-electron chi connectivity index (χ1n) is 9.34. The Morgan fingerprint density at radius 3 is 1.78 bits per heavy atom. The van der Waals surface area contributed by atoms with E-state index in [2.05, 4.69) is 4.18 Å². The van der Waals surface area contributed by atoms with Crippen molar-refractivity contribution in [2.75, 3.05) is 0 Å². The average molecular weight is 504 g/mol. The van der Waals surface area contributed by atoms with E-state index in [1.165, 1.54) is 0 Å². The lowest BCUT2D eigenvalue weighted by Crippen LogP contribution is -2.59. The number of unbranched alkanes of at least 4 members (excludes halogenated alkanes) is 4. The van der Waals surface area contributed by atoms with Gasteiger partial charge in [-0.2, -0.15) is 47.9 Å². The molecule has 1 atom stereocenters. The molecule has 32 heavy (non-hydrogen) atoms. The molecule has 1 unspecified atom stereocenters. The van der Waals surface area contributed by atoms with E-state index in [1.54, 1.807) is 0 Å². The number of hydrogen-bond donors (Lipinski definition) is 1. The number of rotatable bonds is 12. The van der Waals surface area contributed by atoms with Gasteiger partial charge in [-0.25, -0.2) is 4.18 Å². The third-order valence-electron chi connectivity index (χ3n) is 4.60. The molecule has 0 saturated heterocycles. The first kappa shape index (κ1) is 28.5. The predicted molar refractivity (Wildman–Crippen MR) is 95.0 cm³/mol. The van der Waals surface area contributed by atoms with Gasteiger partial charge in [0.2, 0.25) is 0 Å². The smallest absolute Gasteiger partial charge is 0.264 e. The van der Waals surface area contributed by atoms with Crippen molar-refractivity contribution in [1.82, 2.24) is 0 Å². The van der Waals surface area contributed by atoms with Gasteiger partial charge in [-0.15, -0.1) is 0 Å². The maximum atomic E-state index is 14.0. The van der Waals surface area contributed by atoms with Crippen LogP contribution in [-0.4, -0.2) is 31.0 Å². The fraction of sp³-hybridized carbons (Fsp3) is 0.667. The zero-order chi connectivity index (χ0) is 25.0. The normalized spacial score (nSPS) is 15.1. The van der Waals surface area contributed by atoms with Crippen molar-refractivity contribution in [3.05, 3.63) is 35.4 Å². The molecule has 1 aromatic rings. The van der Waals surface area contributed by atoms with Gasteiger partial charge in [0.25, 0.3) is 0 Å². The minimum Gasteiger partial charge on any atom is -0.264 e. The lowest BCUT2D eigenvalue weighted by molar-refractivity contribution is -0.399. The summed E-state index contributed by atoms with van der Waals surface area (Å²) in [6.07, 6.45) is -4.85. The van der Waals surface area contributed by atoms with Crippen molar-refractivity contribution in [1.29, 1.82) is 0 Å². The predicted octanol–water partition coefficient (Wildman–Crippen LogP) is 6.83. The van der Waals surface area contributed by atoms with E-state index in [-0.39, 0.29) is 24.1 Å². The molecule has 0 aliphatic carbocycles. The molecular formula is C18H21F9O4S. The van der Waals surface area contributed by atoms with Crippen LogP contribution in [0.5, 0.6) is 0 Å². The Kier molecular flexibility index (Phi) is 9.05. The second-order valence-corrected chi connectivity index (χ2v) is 8.11. The highest BCUT2D eigenvalue weighted by Crippen LogP contribution is 2.56. The Morgan fingerprint density at radius 1 is 0.844 bits per heavy atom. The van der Waals surface area contributed by atoms with Gasteiger partial charge in [-0.05, 0) is 12.0 Å². The van der Waals surface area contributed by atoms with Gasteiger partial charge in [0.15, 0.2) is 0 Å². The van der Waals surface area contributed by atoms with Crippen LogP contribution in [0.4, 0.5) is 39.5 Å². The molecule has 0 aliphatic rings. The summed E-state index contributed by atoms with van der Waals surface area (Å²) in [6, 6.07) is 1.56. The van der Waals surface area contributed by atoms with Gasteiger partial charge in [0, 0.05) is 5.56 Å². The summed E-state index contributed by atoms with van der Waals surface area (Å²) in [5.41, 5.74) is -2.06. The molecule has 0 radical (unpaired) electrons. The maximum absolute atomic E-state index is 14.0. The van der Waals surface area contributed by atoms with Crippen molar-refractivity contribution in [2.24, 2.45) is 0 Å². The third kappa shape index (κ3) is 6.50. The molecule has 1 aromatic carbocycles. The van der Waals surface area contributed by atoms with Crippen molar-refractivity contribution in [3.8, 4) is 0 Å². The van der Waals surface area contributed by atoms with Gasteiger partial charge >= 0.3 is 34.3 Å². The largest absolute Gasteiger partial charge is 0.460 e. The van der Waals surface area contributed by atoms with Gasteiger partial charge < -0.3 is 0 Å². The summed E-state index contributed by atoms with van der Waals surface area (Å²) in [5, 5.41) is 0. The fourth-order valence-electron chi connectivity index (χ4n) is 2.81. The number of alkyl halides is 9. The lowest BCUT2D eigenvalue weighted by Gasteiger charge is -2.33. The van der Waals surface area contributed by atoms with E-state index in [0.29, 0.717) is 25.0 Å². The topological polar surface area (TPSA) is 63.6 Å². The Balaban J connectivity index is 3.18. The van der Waals surface area contributed by atoms with Gasteiger partial charge in [-0.3, -0.25) is 4.55 Å². The maximum Gasteiger partial charge on any atom is 0.460 e. The van der Waals surface area contributed by atoms with Gasteiger partial charge in [-0.1, -0.05) is 63.3 Å². The molecule has 0 heterocycles. The van der Waals surface area contributed by atoms with Crippen LogP contribution in [0, 0.1) is 0 Å². The lowest BCUT2D eigenvalue weighted by atomic mass is 9.94. The monoisotopic (exact) mass is 504 g/mol. The molecule has 1 N–H and O–H groups in total. The zero-order valence-electron chi connectivity index (χ0n) is 16.6. The third-order valence-corrected chi connectivity index (χ3v) is 5.07. The molecular weight excluding hydrogens is 483 g/mol. The minimum atomic E-state index is -7.03. The number of benzene rings is 1. The minimum absolute atomic E-state index is 0.0401.